The molecule has 3 aromatic rings. The number of ether oxygens (including phenoxy) is 1. The average molecular weight is 427 g/mol. The molecule has 0 unspecified atom stereocenters. The third kappa shape index (κ3) is 5.02. The molecule has 0 radical (unpaired) electrons. The van der Waals surface area contributed by atoms with E-state index in [-0.39, 0.29) is 5.78 Å². The van der Waals surface area contributed by atoms with Crippen LogP contribution in [0, 0.1) is 13.8 Å². The smallest absolute Gasteiger partial charge is 0.191 e. The monoisotopic (exact) mass is 426 g/mol. The highest BCUT2D eigenvalue weighted by molar-refractivity contribution is 7.99. The van der Waals surface area contributed by atoms with Crippen LogP contribution in [0.15, 0.2) is 41.6 Å². The van der Waals surface area contributed by atoms with Gasteiger partial charge in [0.15, 0.2) is 10.9 Å². The standard InChI is InChI=1S/C23H30N4O2S/c1-16(2)27-17(3)13-20(18(27)4)21(28)15-30-23-25-24-22(26(23)11-12-29-5)14-19-9-7-6-8-10-19/h6-10,13,16H,11-12,14-15H2,1-5H3. The Morgan fingerprint density at radius 2 is 1.90 bits per heavy atom. The Morgan fingerprint density at radius 3 is 2.53 bits per heavy atom. The van der Waals surface area contributed by atoms with Crippen LogP contribution in [0.5, 0.6) is 0 Å². The van der Waals surface area contributed by atoms with E-state index >= 15 is 0 Å². The number of nitrogens with zero attached hydrogens (tertiary/aromatic N) is 4. The maximum Gasteiger partial charge on any atom is 0.191 e. The van der Waals surface area contributed by atoms with Gasteiger partial charge in [-0.15, -0.1) is 10.2 Å². The minimum Gasteiger partial charge on any atom is -0.383 e. The van der Waals surface area contributed by atoms with E-state index in [0.717, 1.165) is 27.9 Å². The van der Waals surface area contributed by atoms with E-state index in [1.54, 1.807) is 7.11 Å². The quantitative estimate of drug-likeness (QED) is 0.353. The summed E-state index contributed by atoms with van der Waals surface area (Å²) in [5.41, 5.74) is 4.11. The number of aromatic nitrogens is 4. The molecule has 2 aromatic heterocycles. The van der Waals surface area contributed by atoms with E-state index in [1.165, 1.54) is 17.3 Å². The summed E-state index contributed by atoms with van der Waals surface area (Å²) in [6, 6.07) is 12.5. The fourth-order valence-corrected chi connectivity index (χ4v) is 4.67. The van der Waals surface area contributed by atoms with Crippen molar-refractivity contribution in [3.05, 3.63) is 64.7 Å². The number of hydrogen-bond donors (Lipinski definition) is 0. The summed E-state index contributed by atoms with van der Waals surface area (Å²) in [5, 5.41) is 9.52. The average Bonchev–Trinajstić information content (AvgIpc) is 3.24. The Balaban J connectivity index is 1.76. The summed E-state index contributed by atoms with van der Waals surface area (Å²) in [6.45, 7) is 9.56. The number of Topliss-reactive ketones (excluding diaryl/α,β-unsaturated/α-hetero) is 1. The van der Waals surface area contributed by atoms with E-state index in [0.29, 0.717) is 31.4 Å². The Hall–Kier alpha value is -2.38. The Bertz CT molecular complexity index is 992. The van der Waals surface area contributed by atoms with Crippen LogP contribution in [0.4, 0.5) is 0 Å². The van der Waals surface area contributed by atoms with Crippen molar-refractivity contribution in [2.24, 2.45) is 0 Å². The molecule has 0 aliphatic carbocycles. The number of ketones is 1. The molecule has 0 saturated carbocycles. The maximum absolute atomic E-state index is 12.9. The van der Waals surface area contributed by atoms with Gasteiger partial charge in [-0.05, 0) is 39.3 Å². The predicted octanol–water partition coefficient (Wildman–Crippen LogP) is 4.49. The number of rotatable bonds is 10. The number of hydrogen-bond acceptors (Lipinski definition) is 5. The lowest BCUT2D eigenvalue weighted by Crippen LogP contribution is -2.12. The molecule has 160 valence electrons. The molecule has 0 bridgehead atoms. The minimum atomic E-state index is 0.117. The third-order valence-corrected chi connectivity index (χ3v) is 6.12. The first-order valence-electron chi connectivity index (χ1n) is 10.2. The van der Waals surface area contributed by atoms with Crippen molar-refractivity contribution in [2.75, 3.05) is 19.5 Å². The molecule has 0 aliphatic rings. The normalized spacial score (nSPS) is 11.4. The maximum atomic E-state index is 12.9. The molecule has 0 atom stereocenters. The van der Waals surface area contributed by atoms with E-state index in [1.807, 2.05) is 38.1 Å². The van der Waals surface area contributed by atoms with Gasteiger partial charge in [-0.2, -0.15) is 0 Å². The van der Waals surface area contributed by atoms with Crippen LogP contribution in [0.2, 0.25) is 0 Å². The first-order chi connectivity index (χ1) is 14.4. The molecule has 2 heterocycles. The van der Waals surface area contributed by atoms with Crippen LogP contribution in [-0.2, 0) is 17.7 Å². The van der Waals surface area contributed by atoms with E-state index in [9.17, 15) is 4.79 Å². The lowest BCUT2D eigenvalue weighted by Gasteiger charge is -2.13. The second kappa shape index (κ2) is 10.1. The van der Waals surface area contributed by atoms with Crippen LogP contribution in [-0.4, -0.2) is 44.6 Å². The number of benzene rings is 1. The van der Waals surface area contributed by atoms with Crippen molar-refractivity contribution < 1.29 is 9.53 Å². The van der Waals surface area contributed by atoms with Gasteiger partial charge in [0.1, 0.15) is 5.82 Å². The molecule has 0 spiro atoms. The molecule has 0 saturated heterocycles. The molecule has 30 heavy (non-hydrogen) atoms. The van der Waals surface area contributed by atoms with E-state index < -0.39 is 0 Å². The summed E-state index contributed by atoms with van der Waals surface area (Å²) >= 11 is 1.44. The zero-order valence-electron chi connectivity index (χ0n) is 18.4. The fraction of sp³-hybridized carbons (Fsp3) is 0.435. The molecular formula is C23H30N4O2S. The first-order valence-corrected chi connectivity index (χ1v) is 11.2. The van der Waals surface area contributed by atoms with Crippen LogP contribution in [0.3, 0.4) is 0 Å². The lowest BCUT2D eigenvalue weighted by atomic mass is 10.1. The van der Waals surface area contributed by atoms with Gasteiger partial charge in [0, 0.05) is 43.1 Å². The number of carbonyl (C=O) groups is 1. The van der Waals surface area contributed by atoms with Gasteiger partial charge in [0.05, 0.1) is 12.4 Å². The second-order valence-electron chi connectivity index (χ2n) is 7.67. The van der Waals surface area contributed by atoms with Crippen LogP contribution >= 0.6 is 11.8 Å². The summed E-state index contributed by atoms with van der Waals surface area (Å²) in [7, 11) is 1.68. The van der Waals surface area contributed by atoms with Crippen molar-refractivity contribution in [2.45, 2.75) is 51.9 Å². The molecule has 0 N–H and O–H groups in total. The van der Waals surface area contributed by atoms with Crippen molar-refractivity contribution >= 4 is 17.5 Å². The molecule has 3 rings (SSSR count). The van der Waals surface area contributed by atoms with Crippen molar-refractivity contribution in [1.29, 1.82) is 0 Å². The topological polar surface area (TPSA) is 61.9 Å². The molecular weight excluding hydrogens is 396 g/mol. The van der Waals surface area contributed by atoms with Gasteiger partial charge in [0.2, 0.25) is 0 Å². The zero-order chi connectivity index (χ0) is 21.7. The van der Waals surface area contributed by atoms with Gasteiger partial charge in [-0.1, -0.05) is 42.1 Å². The highest BCUT2D eigenvalue weighted by Gasteiger charge is 2.19. The van der Waals surface area contributed by atoms with Crippen LogP contribution in [0.25, 0.3) is 0 Å². The molecule has 0 amide bonds. The van der Waals surface area contributed by atoms with E-state index in [2.05, 4.69) is 45.3 Å². The Kier molecular flexibility index (Phi) is 7.50. The fourth-order valence-electron chi connectivity index (χ4n) is 3.80. The Morgan fingerprint density at radius 1 is 1.17 bits per heavy atom. The zero-order valence-corrected chi connectivity index (χ0v) is 19.2. The highest BCUT2D eigenvalue weighted by Crippen LogP contribution is 2.24. The van der Waals surface area contributed by atoms with Gasteiger partial charge in [0.25, 0.3) is 0 Å². The van der Waals surface area contributed by atoms with Crippen LogP contribution < -0.4 is 0 Å². The molecule has 6 nitrogen and oxygen atoms in total. The first kappa shape index (κ1) is 22.3. The summed E-state index contributed by atoms with van der Waals surface area (Å²) in [5.74, 6) is 1.33. The van der Waals surface area contributed by atoms with Crippen molar-refractivity contribution in [3.63, 3.8) is 0 Å². The highest BCUT2D eigenvalue weighted by atomic mass is 32.2. The lowest BCUT2D eigenvalue weighted by molar-refractivity contribution is 0.102. The molecule has 1 aromatic carbocycles. The second-order valence-corrected chi connectivity index (χ2v) is 8.61. The summed E-state index contributed by atoms with van der Waals surface area (Å²) in [4.78, 5) is 12.9. The number of thioether (sulfide) groups is 1. The summed E-state index contributed by atoms with van der Waals surface area (Å²) < 4.78 is 9.54. The SMILES string of the molecule is COCCn1c(Cc2ccccc2)nnc1SCC(=O)c1cc(C)n(C(C)C)c1C. The van der Waals surface area contributed by atoms with Crippen molar-refractivity contribution in [1.82, 2.24) is 19.3 Å². The summed E-state index contributed by atoms with van der Waals surface area (Å²) in [6.07, 6.45) is 0.696. The van der Waals surface area contributed by atoms with E-state index in [4.69, 9.17) is 4.74 Å². The van der Waals surface area contributed by atoms with Crippen molar-refractivity contribution in [3.8, 4) is 0 Å². The molecule has 0 aliphatic heterocycles. The van der Waals surface area contributed by atoms with Gasteiger partial charge < -0.3 is 13.9 Å². The number of aryl methyl sites for hydroxylation is 1. The largest absolute Gasteiger partial charge is 0.383 e. The predicted molar refractivity (Wildman–Crippen MR) is 120 cm³/mol. The Labute approximate surface area is 182 Å². The molecule has 7 heteroatoms. The van der Waals surface area contributed by atoms with Gasteiger partial charge in [-0.25, -0.2) is 0 Å². The van der Waals surface area contributed by atoms with Gasteiger partial charge in [-0.3, -0.25) is 4.79 Å². The number of methoxy groups -OCH3 is 1. The molecule has 0 fully saturated rings. The van der Waals surface area contributed by atoms with Crippen LogP contribution in [0.1, 0.15) is 53.0 Å². The third-order valence-electron chi connectivity index (χ3n) is 5.15. The minimum absolute atomic E-state index is 0.117. The number of carbonyl (C=O) groups excluding carboxylic acids is 1. The van der Waals surface area contributed by atoms with Gasteiger partial charge >= 0.3 is 0 Å².